The SMILES string of the molecule is [2H]C([2H])([2H])n1cc([C@@H](c2ccccc2C#N)[C@@H](C)c2nc(C(=O)Nc3cnoc3)c(O)c(=O)n2C)cn1. The zero-order valence-corrected chi connectivity index (χ0v) is 18.1. The quantitative estimate of drug-likeness (QED) is 0.443. The molecule has 2 atom stereocenters. The fourth-order valence-corrected chi connectivity index (χ4v) is 3.88. The summed E-state index contributed by atoms with van der Waals surface area (Å²) in [6, 6.07) is 8.88. The van der Waals surface area contributed by atoms with Gasteiger partial charge in [-0.1, -0.05) is 30.3 Å². The van der Waals surface area contributed by atoms with Crippen LogP contribution in [0.2, 0.25) is 0 Å². The molecule has 4 rings (SSSR count). The maximum Gasteiger partial charge on any atom is 0.296 e. The van der Waals surface area contributed by atoms with E-state index in [0.717, 1.165) is 15.5 Å². The van der Waals surface area contributed by atoms with Gasteiger partial charge in [0.2, 0.25) is 5.75 Å². The number of nitrogens with zero attached hydrogens (tertiary/aromatic N) is 6. The average molecular weight is 462 g/mol. The van der Waals surface area contributed by atoms with Crippen molar-refractivity contribution in [1.82, 2.24) is 24.5 Å². The van der Waals surface area contributed by atoms with Gasteiger partial charge in [0.25, 0.3) is 11.5 Å². The maximum absolute atomic E-state index is 12.9. The highest BCUT2D eigenvalue weighted by atomic mass is 16.5. The second-order valence-electron chi connectivity index (χ2n) is 7.58. The molecule has 3 aromatic heterocycles. The summed E-state index contributed by atoms with van der Waals surface area (Å²) in [7, 11) is 1.39. The molecule has 11 nitrogen and oxygen atoms in total. The predicted molar refractivity (Wildman–Crippen MR) is 120 cm³/mol. The number of hydrogen-bond acceptors (Lipinski definition) is 8. The molecule has 2 N–H and O–H groups in total. The highest BCUT2D eigenvalue weighted by Gasteiger charge is 2.31. The Kier molecular flexibility index (Phi) is 5.00. The summed E-state index contributed by atoms with van der Waals surface area (Å²) in [6.07, 6.45) is 5.12. The monoisotopic (exact) mass is 462 g/mol. The number of amides is 1. The van der Waals surface area contributed by atoms with Crippen LogP contribution in [0.5, 0.6) is 5.75 Å². The highest BCUT2D eigenvalue weighted by Crippen LogP contribution is 2.38. The van der Waals surface area contributed by atoms with E-state index in [4.69, 9.17) is 4.11 Å². The predicted octanol–water partition coefficient (Wildman–Crippen LogP) is 2.27. The van der Waals surface area contributed by atoms with E-state index in [0.29, 0.717) is 16.7 Å². The Morgan fingerprint density at radius 2 is 2.15 bits per heavy atom. The Bertz CT molecular complexity index is 1550. The van der Waals surface area contributed by atoms with Gasteiger partial charge in [0.15, 0.2) is 5.69 Å². The molecule has 0 spiro atoms. The van der Waals surface area contributed by atoms with E-state index in [9.17, 15) is 20.0 Å². The van der Waals surface area contributed by atoms with E-state index in [1.54, 1.807) is 31.2 Å². The third kappa shape index (κ3) is 4.04. The molecule has 0 radical (unpaired) electrons. The van der Waals surface area contributed by atoms with Crippen molar-refractivity contribution < 1.29 is 18.5 Å². The van der Waals surface area contributed by atoms with E-state index in [2.05, 4.69) is 31.1 Å². The van der Waals surface area contributed by atoms with Crippen molar-refractivity contribution in [1.29, 1.82) is 5.26 Å². The molecule has 0 fully saturated rings. The summed E-state index contributed by atoms with van der Waals surface area (Å²) in [5.41, 5.74) is 0.133. The first kappa shape index (κ1) is 18.8. The van der Waals surface area contributed by atoms with Gasteiger partial charge < -0.3 is 14.9 Å². The molecule has 0 aliphatic rings. The Balaban J connectivity index is 1.87. The third-order valence-corrected chi connectivity index (χ3v) is 5.49. The minimum atomic E-state index is -2.53. The molecule has 172 valence electrons. The number of benzene rings is 1. The molecule has 11 heteroatoms. The molecular weight excluding hydrogens is 438 g/mol. The van der Waals surface area contributed by atoms with E-state index in [1.165, 1.54) is 25.6 Å². The maximum atomic E-state index is 12.9. The van der Waals surface area contributed by atoms with Crippen molar-refractivity contribution in [2.45, 2.75) is 18.8 Å². The first-order valence-electron chi connectivity index (χ1n) is 11.6. The minimum absolute atomic E-state index is 0.109. The third-order valence-electron chi connectivity index (χ3n) is 5.49. The lowest BCUT2D eigenvalue weighted by molar-refractivity contribution is 0.101. The number of aromatic hydroxyl groups is 1. The smallest absolute Gasteiger partial charge is 0.296 e. The molecule has 4 aromatic rings. The van der Waals surface area contributed by atoms with Crippen molar-refractivity contribution >= 4 is 11.6 Å². The fraction of sp³-hybridized carbons (Fsp3) is 0.217. The van der Waals surface area contributed by atoms with Crippen LogP contribution in [0.4, 0.5) is 5.69 Å². The van der Waals surface area contributed by atoms with E-state index >= 15 is 0 Å². The number of aromatic nitrogens is 5. The van der Waals surface area contributed by atoms with Gasteiger partial charge in [0, 0.05) is 36.2 Å². The van der Waals surface area contributed by atoms with Crippen LogP contribution in [0, 0.1) is 11.3 Å². The van der Waals surface area contributed by atoms with Crippen molar-refractivity contribution in [2.75, 3.05) is 5.32 Å². The summed E-state index contributed by atoms with van der Waals surface area (Å²) >= 11 is 0. The number of nitriles is 1. The van der Waals surface area contributed by atoms with Crippen molar-refractivity contribution in [3.05, 3.63) is 87.7 Å². The molecule has 0 aliphatic heterocycles. The van der Waals surface area contributed by atoms with Gasteiger partial charge in [-0.2, -0.15) is 10.4 Å². The van der Waals surface area contributed by atoms with Gasteiger partial charge in [0.05, 0.1) is 24.0 Å². The standard InChI is InChI=1S/C23H21N7O4/c1-13(18(15-9-25-29(2)11-15)17-7-5-4-6-14(17)8-24)21-28-19(20(31)23(33)30(21)3)22(32)27-16-10-26-34-12-16/h4-7,9-13,18,31H,1-3H3,(H,27,32)/t13-,18+/m1/s1/i2D3. The highest BCUT2D eigenvalue weighted by molar-refractivity contribution is 6.04. The van der Waals surface area contributed by atoms with E-state index < -0.39 is 41.7 Å². The largest absolute Gasteiger partial charge is 0.501 e. The molecule has 1 amide bonds. The molecule has 1 aromatic carbocycles. The van der Waals surface area contributed by atoms with Crippen LogP contribution < -0.4 is 10.9 Å². The molecule has 0 aliphatic carbocycles. The molecule has 3 heterocycles. The lowest BCUT2D eigenvalue weighted by atomic mass is 9.80. The van der Waals surface area contributed by atoms with Crippen LogP contribution in [0.1, 0.15) is 55.9 Å². The van der Waals surface area contributed by atoms with Gasteiger partial charge in [-0.25, -0.2) is 4.98 Å². The van der Waals surface area contributed by atoms with Crippen LogP contribution in [0.25, 0.3) is 0 Å². The van der Waals surface area contributed by atoms with Gasteiger partial charge in [-0.3, -0.25) is 18.8 Å². The van der Waals surface area contributed by atoms with E-state index in [1.807, 2.05) is 0 Å². The number of nitrogens with one attached hydrogen (secondary N) is 1. The summed E-state index contributed by atoms with van der Waals surface area (Å²) in [5.74, 6) is -2.99. The first-order chi connectivity index (χ1) is 17.5. The van der Waals surface area contributed by atoms with Gasteiger partial charge in [0.1, 0.15) is 17.8 Å². The summed E-state index contributed by atoms with van der Waals surface area (Å²) in [6.45, 7) is -0.816. The number of aryl methyl sites for hydroxylation is 1. The van der Waals surface area contributed by atoms with Gasteiger partial charge in [-0.15, -0.1) is 0 Å². The second-order valence-corrected chi connectivity index (χ2v) is 7.58. The van der Waals surface area contributed by atoms with Gasteiger partial charge >= 0.3 is 0 Å². The minimum Gasteiger partial charge on any atom is -0.501 e. The summed E-state index contributed by atoms with van der Waals surface area (Å²) in [5, 5.41) is 30.1. The fourth-order valence-electron chi connectivity index (χ4n) is 3.88. The van der Waals surface area contributed by atoms with Crippen LogP contribution in [-0.4, -0.2) is 35.5 Å². The Morgan fingerprint density at radius 3 is 2.82 bits per heavy atom. The molecule has 0 bridgehead atoms. The first-order valence-corrected chi connectivity index (χ1v) is 10.1. The Hall–Kier alpha value is -4.72. The normalized spacial score (nSPS) is 14.3. The number of hydrogen-bond donors (Lipinski definition) is 2. The number of anilines is 1. The Labute approximate surface area is 198 Å². The van der Waals surface area contributed by atoms with Crippen LogP contribution in [-0.2, 0) is 14.0 Å². The van der Waals surface area contributed by atoms with Crippen LogP contribution >= 0.6 is 0 Å². The van der Waals surface area contributed by atoms with E-state index in [-0.39, 0.29) is 11.5 Å². The lowest BCUT2D eigenvalue weighted by Crippen LogP contribution is -2.29. The van der Waals surface area contributed by atoms with Crippen molar-refractivity contribution in [3.8, 4) is 11.8 Å². The van der Waals surface area contributed by atoms with Gasteiger partial charge in [-0.05, 0) is 17.2 Å². The zero-order chi connectivity index (χ0) is 26.9. The molecule has 0 saturated carbocycles. The molecule has 0 unspecified atom stereocenters. The van der Waals surface area contributed by atoms with Crippen LogP contribution in [0.15, 0.2) is 58.4 Å². The Morgan fingerprint density at radius 1 is 1.35 bits per heavy atom. The topological polar surface area (TPSA) is 152 Å². The molecule has 34 heavy (non-hydrogen) atoms. The zero-order valence-electron chi connectivity index (χ0n) is 21.1. The van der Waals surface area contributed by atoms with Crippen molar-refractivity contribution in [3.63, 3.8) is 0 Å². The average Bonchev–Trinajstić information content (AvgIpc) is 3.55. The number of rotatable bonds is 6. The molecular formula is C23H21N7O4. The number of carbonyl (C=O) groups is 1. The summed E-state index contributed by atoms with van der Waals surface area (Å²) < 4.78 is 29.6. The van der Waals surface area contributed by atoms with Crippen LogP contribution in [0.3, 0.4) is 0 Å². The van der Waals surface area contributed by atoms with Crippen molar-refractivity contribution in [2.24, 2.45) is 14.0 Å². The number of carbonyl (C=O) groups excluding carboxylic acids is 1. The second kappa shape index (κ2) is 9.03. The molecule has 0 saturated heterocycles. The summed E-state index contributed by atoms with van der Waals surface area (Å²) in [4.78, 5) is 30.0. The lowest BCUT2D eigenvalue weighted by Gasteiger charge is -2.26.